The summed E-state index contributed by atoms with van der Waals surface area (Å²) in [5.74, 6) is 0.998. The number of anilines is 1. The van der Waals surface area contributed by atoms with E-state index in [-0.39, 0.29) is 5.69 Å². The molecule has 27 heavy (non-hydrogen) atoms. The molecule has 7 heteroatoms. The highest BCUT2D eigenvalue weighted by Crippen LogP contribution is 2.39. The van der Waals surface area contributed by atoms with Crippen LogP contribution in [0.5, 0.6) is 0 Å². The molecule has 2 aliphatic rings. The van der Waals surface area contributed by atoms with Crippen LogP contribution in [0.3, 0.4) is 0 Å². The van der Waals surface area contributed by atoms with E-state index in [9.17, 15) is 15.2 Å². The van der Waals surface area contributed by atoms with Gasteiger partial charge in [0.15, 0.2) is 6.54 Å². The number of thioether (sulfide) groups is 1. The van der Waals surface area contributed by atoms with Gasteiger partial charge in [0.05, 0.1) is 11.5 Å². The number of non-ortho nitro benzene ring substituents is 1. The first-order valence-corrected chi connectivity index (χ1v) is 9.99. The number of hydrogen-bond donors (Lipinski definition) is 1. The number of rotatable bonds is 3. The largest absolute Gasteiger partial charge is 0.346 e. The van der Waals surface area contributed by atoms with Crippen molar-refractivity contribution in [1.82, 2.24) is 0 Å². The highest BCUT2D eigenvalue weighted by atomic mass is 32.2. The van der Waals surface area contributed by atoms with E-state index in [1.807, 2.05) is 10.6 Å². The van der Waals surface area contributed by atoms with E-state index in [0.29, 0.717) is 12.1 Å². The topological polar surface area (TPSA) is 69.6 Å². The smallest absolute Gasteiger partial charge is 0.316 e. The number of aryl methyl sites for hydroxylation is 1. The Balaban J connectivity index is 1.84. The molecule has 0 unspecified atom stereocenters. The van der Waals surface area contributed by atoms with E-state index < -0.39 is 10.6 Å². The fraction of sp³-hybridized carbons (Fsp3) is 0.350. The number of amidine groups is 1. The molecule has 2 aliphatic heterocycles. The Labute approximate surface area is 162 Å². The van der Waals surface area contributed by atoms with Gasteiger partial charge in [-0.2, -0.15) is 0 Å². The van der Waals surface area contributed by atoms with Gasteiger partial charge in [-0.3, -0.25) is 10.1 Å². The predicted molar refractivity (Wildman–Crippen MR) is 107 cm³/mol. The fourth-order valence-electron chi connectivity index (χ4n) is 3.83. The lowest BCUT2D eigenvalue weighted by molar-refractivity contribution is -0.656. The lowest BCUT2D eigenvalue weighted by atomic mass is 10.0. The van der Waals surface area contributed by atoms with Crippen LogP contribution in [0.4, 0.5) is 11.4 Å². The van der Waals surface area contributed by atoms with Gasteiger partial charge in [-0.1, -0.05) is 24.3 Å². The average Bonchev–Trinajstić information content (AvgIpc) is 2.98. The molecule has 1 atom stereocenters. The molecule has 0 spiro atoms. The molecule has 0 fully saturated rings. The zero-order valence-corrected chi connectivity index (χ0v) is 16.2. The number of β-amino-alcohol motifs (C(OH)–C–C–N with tert-alkyl or cyclic N) is 1. The molecule has 1 N–H and O–H groups in total. The lowest BCUT2D eigenvalue weighted by Crippen LogP contribution is -2.41. The first kappa shape index (κ1) is 18.0. The molecule has 0 aromatic heterocycles. The second-order valence-corrected chi connectivity index (χ2v) is 8.13. The molecule has 0 saturated carbocycles. The maximum absolute atomic E-state index is 11.7. The van der Waals surface area contributed by atoms with E-state index >= 15 is 0 Å². The minimum atomic E-state index is -1.29. The van der Waals surface area contributed by atoms with Crippen LogP contribution in [0.25, 0.3) is 0 Å². The molecule has 0 aliphatic carbocycles. The quantitative estimate of drug-likeness (QED) is 0.499. The highest BCUT2D eigenvalue weighted by molar-refractivity contribution is 8.13. The molecule has 0 amide bonds. The van der Waals surface area contributed by atoms with E-state index in [0.717, 1.165) is 29.6 Å². The van der Waals surface area contributed by atoms with Crippen molar-refractivity contribution in [2.45, 2.75) is 26.0 Å². The van der Waals surface area contributed by atoms with E-state index in [1.165, 1.54) is 23.3 Å². The van der Waals surface area contributed by atoms with Gasteiger partial charge in [0.1, 0.15) is 5.69 Å². The molecule has 2 aromatic rings. The number of nitrogens with zero attached hydrogens (tertiary/aromatic N) is 3. The summed E-state index contributed by atoms with van der Waals surface area (Å²) in [4.78, 5) is 13.0. The number of benzene rings is 2. The van der Waals surface area contributed by atoms with Crippen molar-refractivity contribution in [2.24, 2.45) is 0 Å². The van der Waals surface area contributed by atoms with Crippen LogP contribution in [0.1, 0.15) is 23.1 Å². The Morgan fingerprint density at radius 2 is 2.04 bits per heavy atom. The molecule has 2 heterocycles. The Morgan fingerprint density at radius 3 is 2.81 bits per heavy atom. The van der Waals surface area contributed by atoms with Crippen LogP contribution in [0.15, 0.2) is 42.5 Å². The molecule has 0 saturated heterocycles. The summed E-state index contributed by atoms with van der Waals surface area (Å²) in [7, 11) is 0. The zero-order chi connectivity index (χ0) is 19.2. The third kappa shape index (κ3) is 2.91. The second-order valence-electron chi connectivity index (χ2n) is 7.07. The first-order chi connectivity index (χ1) is 12.9. The summed E-state index contributed by atoms with van der Waals surface area (Å²) >= 11 is 1.73. The van der Waals surface area contributed by atoms with Crippen LogP contribution in [0, 0.1) is 24.0 Å². The fourth-order valence-corrected chi connectivity index (χ4v) is 5.00. The summed E-state index contributed by atoms with van der Waals surface area (Å²) in [6.45, 7) is 5.25. The van der Waals surface area contributed by atoms with Crippen molar-refractivity contribution >= 4 is 28.3 Å². The first-order valence-electron chi connectivity index (χ1n) is 9.00. The Kier molecular flexibility index (Phi) is 4.44. The Bertz CT molecular complexity index is 959. The van der Waals surface area contributed by atoms with Crippen LogP contribution in [0.2, 0.25) is 0 Å². The average molecular weight is 384 g/mol. The standard InChI is InChI=1S/C20H22N3O3S/c1-14-6-3-9-18(15(14)2)21-13-20(24,22-10-5-11-27-19(21)22)16-7-4-8-17(12-16)23(25)26/h3-4,6-9,12,24H,5,10-11,13H2,1-2H3/q+1/t20-/m0/s1. The van der Waals surface area contributed by atoms with Crippen molar-refractivity contribution in [3.8, 4) is 0 Å². The number of hydrogen-bond acceptors (Lipinski definition) is 5. The number of nitro groups is 1. The number of aliphatic hydroxyl groups is 1. The highest BCUT2D eigenvalue weighted by Gasteiger charge is 2.53. The summed E-state index contributed by atoms with van der Waals surface area (Å²) in [5.41, 5.74) is 2.73. The van der Waals surface area contributed by atoms with Gasteiger partial charge in [-0.25, -0.2) is 9.48 Å². The van der Waals surface area contributed by atoms with Gasteiger partial charge in [0.2, 0.25) is 0 Å². The summed E-state index contributed by atoms with van der Waals surface area (Å²) < 4.78 is 2.00. The van der Waals surface area contributed by atoms with Crippen LogP contribution in [-0.2, 0) is 5.72 Å². The summed E-state index contributed by atoms with van der Waals surface area (Å²) in [6, 6.07) is 12.5. The van der Waals surface area contributed by atoms with Crippen molar-refractivity contribution < 1.29 is 14.6 Å². The van der Waals surface area contributed by atoms with Crippen LogP contribution < -0.4 is 4.90 Å². The van der Waals surface area contributed by atoms with Crippen molar-refractivity contribution in [1.29, 1.82) is 0 Å². The van der Waals surface area contributed by atoms with E-state index in [2.05, 4.69) is 30.9 Å². The van der Waals surface area contributed by atoms with E-state index in [1.54, 1.807) is 23.9 Å². The maximum atomic E-state index is 11.7. The van der Waals surface area contributed by atoms with Crippen molar-refractivity contribution in [3.63, 3.8) is 0 Å². The van der Waals surface area contributed by atoms with Crippen LogP contribution in [-0.4, -0.2) is 38.6 Å². The predicted octanol–water partition coefficient (Wildman–Crippen LogP) is 3.38. The third-order valence-electron chi connectivity index (χ3n) is 5.43. The monoisotopic (exact) mass is 384 g/mol. The second kappa shape index (κ2) is 6.65. The summed E-state index contributed by atoms with van der Waals surface area (Å²) in [6.07, 6.45) is 0.964. The minimum absolute atomic E-state index is 0.00248. The van der Waals surface area contributed by atoms with Gasteiger partial charge in [-0.15, -0.1) is 0 Å². The van der Waals surface area contributed by atoms with Crippen molar-refractivity contribution in [2.75, 3.05) is 23.7 Å². The molecule has 2 aromatic carbocycles. The van der Waals surface area contributed by atoms with E-state index in [4.69, 9.17) is 0 Å². The minimum Gasteiger partial charge on any atom is -0.346 e. The third-order valence-corrected chi connectivity index (χ3v) is 6.62. The lowest BCUT2D eigenvalue weighted by Gasteiger charge is -2.24. The normalized spacial score (nSPS) is 22.1. The Morgan fingerprint density at radius 1 is 1.26 bits per heavy atom. The zero-order valence-electron chi connectivity index (χ0n) is 15.4. The van der Waals surface area contributed by atoms with Gasteiger partial charge in [0.25, 0.3) is 11.4 Å². The Hall–Kier alpha value is -2.38. The molecule has 0 radical (unpaired) electrons. The van der Waals surface area contributed by atoms with Crippen LogP contribution >= 0.6 is 11.8 Å². The summed E-state index contributed by atoms with van der Waals surface area (Å²) in [5, 5.41) is 23.9. The van der Waals surface area contributed by atoms with Gasteiger partial charge in [-0.05, 0) is 49.2 Å². The van der Waals surface area contributed by atoms with Gasteiger partial charge in [0, 0.05) is 23.4 Å². The van der Waals surface area contributed by atoms with Crippen molar-refractivity contribution in [3.05, 3.63) is 69.3 Å². The molecule has 6 nitrogen and oxygen atoms in total. The molecule has 4 rings (SSSR count). The molecular formula is C20H22N3O3S+. The molecule has 0 bridgehead atoms. The maximum Gasteiger partial charge on any atom is 0.316 e. The SMILES string of the molecule is Cc1cccc(N2C[C@](O)(c3cccc([N+](=O)[O-])c3)[N+]3=C2SCCC3)c1C. The van der Waals surface area contributed by atoms with Gasteiger partial charge >= 0.3 is 5.17 Å². The molecule has 140 valence electrons. The van der Waals surface area contributed by atoms with Gasteiger partial charge < -0.3 is 5.11 Å². The molecular weight excluding hydrogens is 362 g/mol. The number of nitro benzene ring substituents is 1.